The fourth-order valence-electron chi connectivity index (χ4n) is 5.37. The second-order valence-corrected chi connectivity index (χ2v) is 12.5. The van der Waals surface area contributed by atoms with Crippen molar-refractivity contribution in [2.24, 2.45) is 0 Å². The van der Waals surface area contributed by atoms with Gasteiger partial charge in [0.05, 0.1) is 0 Å². The molecular formula is C28H20P2. The van der Waals surface area contributed by atoms with Crippen molar-refractivity contribution >= 4 is 58.6 Å². The van der Waals surface area contributed by atoms with Gasteiger partial charge in [-0.25, -0.2) is 0 Å². The second kappa shape index (κ2) is 6.49. The molecule has 142 valence electrons. The maximum Gasteiger partial charge on any atom is 0.00143 e. The Balaban J connectivity index is 1.41. The monoisotopic (exact) mass is 418 g/mol. The molecule has 2 unspecified atom stereocenters. The van der Waals surface area contributed by atoms with E-state index < -0.39 is 0 Å². The lowest BCUT2D eigenvalue weighted by atomic mass is 10.1. The highest BCUT2D eigenvalue weighted by molar-refractivity contribution is 7.79. The molecule has 0 aliphatic carbocycles. The van der Waals surface area contributed by atoms with Crippen LogP contribution in [0.2, 0.25) is 0 Å². The molecule has 0 spiro atoms. The molecule has 30 heavy (non-hydrogen) atoms. The highest BCUT2D eigenvalue weighted by Crippen LogP contribution is 2.51. The van der Waals surface area contributed by atoms with Gasteiger partial charge >= 0.3 is 0 Å². The van der Waals surface area contributed by atoms with Crippen LogP contribution in [0.25, 0.3) is 21.5 Å². The summed E-state index contributed by atoms with van der Waals surface area (Å²) in [7, 11) is -0.683. The first-order valence-electron chi connectivity index (χ1n) is 10.5. The number of rotatable bonds is 2. The Morgan fingerprint density at radius 3 is 1.27 bits per heavy atom. The van der Waals surface area contributed by atoms with E-state index in [9.17, 15) is 0 Å². The lowest BCUT2D eigenvalue weighted by Crippen LogP contribution is -2.27. The van der Waals surface area contributed by atoms with Crippen molar-refractivity contribution in [3.8, 4) is 0 Å². The molecule has 0 N–H and O–H groups in total. The molecule has 7 rings (SSSR count). The van der Waals surface area contributed by atoms with Crippen LogP contribution in [0.15, 0.2) is 97.1 Å². The van der Waals surface area contributed by atoms with Crippen LogP contribution in [0.3, 0.4) is 0 Å². The van der Waals surface area contributed by atoms with Crippen molar-refractivity contribution in [1.82, 2.24) is 0 Å². The third kappa shape index (κ3) is 2.36. The Morgan fingerprint density at radius 2 is 0.800 bits per heavy atom. The summed E-state index contributed by atoms with van der Waals surface area (Å²) in [5, 5.41) is 12.2. The minimum Gasteiger partial charge on any atom is -0.0616 e. The minimum atomic E-state index is -0.341. The molecule has 0 nitrogen and oxygen atoms in total. The van der Waals surface area contributed by atoms with E-state index in [0.29, 0.717) is 0 Å². The van der Waals surface area contributed by atoms with Gasteiger partial charge in [-0.3, -0.25) is 0 Å². The van der Waals surface area contributed by atoms with Crippen LogP contribution in [0.5, 0.6) is 0 Å². The zero-order valence-corrected chi connectivity index (χ0v) is 18.3. The van der Waals surface area contributed by atoms with Gasteiger partial charge in [0.2, 0.25) is 0 Å². The smallest absolute Gasteiger partial charge is 0.00143 e. The Kier molecular flexibility index (Phi) is 3.72. The van der Waals surface area contributed by atoms with E-state index in [4.69, 9.17) is 0 Å². The van der Waals surface area contributed by atoms with Gasteiger partial charge in [0.25, 0.3) is 0 Å². The summed E-state index contributed by atoms with van der Waals surface area (Å²) in [4.78, 5) is 0. The first-order valence-corrected chi connectivity index (χ1v) is 13.6. The Morgan fingerprint density at radius 1 is 0.400 bits per heavy atom. The number of hydrogen-bond donors (Lipinski definition) is 0. The summed E-state index contributed by atoms with van der Waals surface area (Å²) < 4.78 is 0. The van der Waals surface area contributed by atoms with Gasteiger partial charge in [0.15, 0.2) is 0 Å². The third-order valence-electron chi connectivity index (χ3n) is 6.64. The fourth-order valence-corrected chi connectivity index (χ4v) is 11.4. The third-order valence-corrected chi connectivity index (χ3v) is 12.0. The van der Waals surface area contributed by atoms with E-state index >= 15 is 0 Å². The first kappa shape index (κ1) is 17.2. The zero-order chi connectivity index (χ0) is 19.7. The average Bonchev–Trinajstić information content (AvgIpc) is 3.36. The summed E-state index contributed by atoms with van der Waals surface area (Å²) in [5.74, 6) is 0. The molecule has 2 atom stereocenters. The molecule has 0 saturated heterocycles. The molecule has 5 aromatic carbocycles. The summed E-state index contributed by atoms with van der Waals surface area (Å²) in [6, 6.07) is 36.9. The molecule has 0 bridgehead atoms. The normalized spacial score (nSPS) is 19.1. The fraction of sp³-hybridized carbons (Fsp3) is 0.0714. The lowest BCUT2D eigenvalue weighted by Gasteiger charge is -2.22. The van der Waals surface area contributed by atoms with Crippen LogP contribution in [-0.2, 0) is 12.3 Å². The van der Waals surface area contributed by atoms with Gasteiger partial charge in [0.1, 0.15) is 0 Å². The van der Waals surface area contributed by atoms with E-state index in [0.717, 1.165) is 0 Å². The molecule has 0 fully saturated rings. The standard InChI is InChI=1S/C28H20P2/c1-2-14-24(30-18-22-12-4-8-20-10-6-16-26(30)28(20)22)23(13-1)29-17-21-11-3-7-19-9-5-15-25(29)27(19)21/h1-16H,17-18H2. The van der Waals surface area contributed by atoms with Crippen LogP contribution < -0.4 is 21.2 Å². The summed E-state index contributed by atoms with van der Waals surface area (Å²) in [6.07, 6.45) is 2.37. The molecule has 2 aliphatic heterocycles. The van der Waals surface area contributed by atoms with Gasteiger partial charge < -0.3 is 0 Å². The van der Waals surface area contributed by atoms with Gasteiger partial charge in [0, 0.05) is 12.3 Å². The summed E-state index contributed by atoms with van der Waals surface area (Å²) in [5.41, 5.74) is 3.07. The minimum absolute atomic E-state index is 0.341. The zero-order valence-electron chi connectivity index (χ0n) is 16.5. The Labute approximate surface area is 179 Å². The average molecular weight is 418 g/mol. The maximum absolute atomic E-state index is 2.43. The van der Waals surface area contributed by atoms with Gasteiger partial charge in [-0.2, -0.15) is 0 Å². The van der Waals surface area contributed by atoms with E-state index in [-0.39, 0.29) is 15.8 Å². The quantitative estimate of drug-likeness (QED) is 0.314. The molecule has 0 saturated carbocycles. The van der Waals surface area contributed by atoms with Gasteiger partial charge in [-0.15, -0.1) is 0 Å². The second-order valence-electron chi connectivity index (χ2n) is 8.25. The lowest BCUT2D eigenvalue weighted by molar-refractivity contribution is 1.48. The Hall–Kier alpha value is -2.52. The largest absolute Gasteiger partial charge is 0.0616 e. The molecular weight excluding hydrogens is 398 g/mol. The van der Waals surface area contributed by atoms with Gasteiger partial charge in [-0.1, -0.05) is 97.1 Å². The SMILES string of the molecule is c1ccc(P2Cc3cccc4cccc2c34)c(P2Cc3cccc4cccc2c34)c1. The highest BCUT2D eigenvalue weighted by Gasteiger charge is 2.31. The van der Waals surface area contributed by atoms with Crippen LogP contribution >= 0.6 is 15.8 Å². The van der Waals surface area contributed by atoms with Crippen LogP contribution in [0.1, 0.15) is 11.1 Å². The molecule has 2 heteroatoms. The first-order chi connectivity index (χ1) is 14.9. The van der Waals surface area contributed by atoms with Gasteiger partial charge in [-0.05, 0) is 69.7 Å². The van der Waals surface area contributed by atoms with E-state index in [1.54, 1.807) is 21.2 Å². The predicted octanol–water partition coefficient (Wildman–Crippen LogP) is 5.89. The van der Waals surface area contributed by atoms with Crippen molar-refractivity contribution in [3.63, 3.8) is 0 Å². The van der Waals surface area contributed by atoms with Crippen molar-refractivity contribution in [1.29, 1.82) is 0 Å². The number of hydrogen-bond acceptors (Lipinski definition) is 0. The highest BCUT2D eigenvalue weighted by atomic mass is 31.1. The molecule has 0 amide bonds. The van der Waals surface area contributed by atoms with E-state index in [1.165, 1.54) is 45.0 Å². The van der Waals surface area contributed by atoms with Crippen molar-refractivity contribution in [3.05, 3.63) is 108 Å². The maximum atomic E-state index is 2.43. The van der Waals surface area contributed by atoms with Crippen molar-refractivity contribution in [2.75, 3.05) is 0 Å². The van der Waals surface area contributed by atoms with Crippen LogP contribution in [-0.4, -0.2) is 0 Å². The number of benzene rings is 5. The molecule has 5 aromatic rings. The molecule has 2 aliphatic rings. The molecule has 0 aromatic heterocycles. The Bertz CT molecular complexity index is 1340. The predicted molar refractivity (Wildman–Crippen MR) is 134 cm³/mol. The van der Waals surface area contributed by atoms with Crippen molar-refractivity contribution in [2.45, 2.75) is 12.3 Å². The molecule has 0 radical (unpaired) electrons. The van der Waals surface area contributed by atoms with E-state index in [2.05, 4.69) is 97.1 Å². The van der Waals surface area contributed by atoms with E-state index in [1.807, 2.05) is 0 Å². The van der Waals surface area contributed by atoms with Crippen LogP contribution in [0, 0.1) is 0 Å². The summed E-state index contributed by atoms with van der Waals surface area (Å²) >= 11 is 0. The molecule has 2 heterocycles. The van der Waals surface area contributed by atoms with Crippen molar-refractivity contribution < 1.29 is 0 Å². The topological polar surface area (TPSA) is 0 Å². The van der Waals surface area contributed by atoms with Crippen LogP contribution in [0.4, 0.5) is 0 Å². The summed E-state index contributed by atoms with van der Waals surface area (Å²) in [6.45, 7) is 0.